The second-order valence-corrected chi connectivity index (χ2v) is 5.65. The molecule has 0 saturated carbocycles. The fourth-order valence-corrected chi connectivity index (χ4v) is 2.47. The molecule has 1 aliphatic rings. The van der Waals surface area contributed by atoms with Crippen LogP contribution in [0.4, 0.5) is 5.95 Å². The molecule has 2 heterocycles. The number of hydrogen-bond donors (Lipinski definition) is 2. The summed E-state index contributed by atoms with van der Waals surface area (Å²) >= 11 is 5.91. The van der Waals surface area contributed by atoms with Gasteiger partial charge in [-0.3, -0.25) is 5.43 Å². The van der Waals surface area contributed by atoms with E-state index in [-0.39, 0.29) is 0 Å². The van der Waals surface area contributed by atoms with Crippen LogP contribution in [0.3, 0.4) is 0 Å². The Hall–Kier alpha value is -1.69. The Balaban J connectivity index is 1.72. The fraction of sp³-hybridized carbons (Fsp3) is 0.333. The molecule has 0 atom stereocenters. The summed E-state index contributed by atoms with van der Waals surface area (Å²) in [6, 6.07) is 9.82. The molecule has 110 valence electrons. The van der Waals surface area contributed by atoms with E-state index in [1.165, 1.54) is 0 Å². The highest BCUT2D eigenvalue weighted by Crippen LogP contribution is 2.20. The van der Waals surface area contributed by atoms with Crippen LogP contribution < -0.4 is 11.2 Å². The Bertz CT molecular complexity index is 593. The number of aromatic nitrogens is 2. The fourth-order valence-electron chi connectivity index (χ4n) is 2.35. The quantitative estimate of drug-likeness (QED) is 0.912. The van der Waals surface area contributed by atoms with Gasteiger partial charge in [0.1, 0.15) is 0 Å². The van der Waals surface area contributed by atoms with Gasteiger partial charge in [-0.15, -0.1) is 0 Å². The van der Waals surface area contributed by atoms with E-state index in [2.05, 4.69) is 20.4 Å². The number of nitrogens with zero attached hydrogens (tertiary/aromatic N) is 3. The van der Waals surface area contributed by atoms with Gasteiger partial charge in [0.25, 0.3) is 0 Å². The van der Waals surface area contributed by atoms with E-state index < -0.39 is 0 Å². The minimum atomic E-state index is 0.310. The van der Waals surface area contributed by atoms with Crippen molar-refractivity contribution in [1.29, 1.82) is 0 Å². The lowest BCUT2D eigenvalue weighted by Gasteiger charge is -2.30. The summed E-state index contributed by atoms with van der Waals surface area (Å²) in [7, 11) is 0. The zero-order chi connectivity index (χ0) is 14.7. The molecule has 1 saturated heterocycles. The third-order valence-electron chi connectivity index (χ3n) is 3.59. The number of rotatable bonds is 3. The monoisotopic (exact) mass is 303 g/mol. The zero-order valence-electron chi connectivity index (χ0n) is 11.7. The maximum atomic E-state index is 5.91. The first-order chi connectivity index (χ1) is 10.2. The maximum Gasteiger partial charge on any atom is 0.238 e. The lowest BCUT2D eigenvalue weighted by Crippen LogP contribution is -2.42. The molecule has 0 amide bonds. The van der Waals surface area contributed by atoms with Crippen molar-refractivity contribution in [3.05, 3.63) is 41.6 Å². The molecule has 0 radical (unpaired) electrons. The van der Waals surface area contributed by atoms with E-state index in [1.54, 1.807) is 6.20 Å². The molecule has 2 aromatic rings. The normalized spacial score (nSPS) is 16.9. The molecule has 21 heavy (non-hydrogen) atoms. The molecule has 1 aromatic carbocycles. The van der Waals surface area contributed by atoms with E-state index in [0.29, 0.717) is 12.0 Å². The predicted octanol–water partition coefficient (Wildman–Crippen LogP) is 2.55. The van der Waals surface area contributed by atoms with E-state index >= 15 is 0 Å². The van der Waals surface area contributed by atoms with Crippen LogP contribution in [0.5, 0.6) is 0 Å². The van der Waals surface area contributed by atoms with Crippen molar-refractivity contribution in [1.82, 2.24) is 15.0 Å². The molecule has 0 aliphatic carbocycles. The van der Waals surface area contributed by atoms with Crippen molar-refractivity contribution < 1.29 is 0 Å². The van der Waals surface area contributed by atoms with Gasteiger partial charge in [0.2, 0.25) is 5.95 Å². The molecule has 1 fully saturated rings. The first-order valence-electron chi connectivity index (χ1n) is 7.07. The Labute approximate surface area is 129 Å². The van der Waals surface area contributed by atoms with Gasteiger partial charge in [0.05, 0.1) is 5.69 Å². The summed E-state index contributed by atoms with van der Waals surface area (Å²) in [5.41, 5.74) is 11.1. The Kier molecular flexibility index (Phi) is 4.34. The van der Waals surface area contributed by atoms with Gasteiger partial charge in [-0.25, -0.2) is 15.0 Å². The van der Waals surface area contributed by atoms with Crippen molar-refractivity contribution in [3.8, 4) is 11.3 Å². The van der Waals surface area contributed by atoms with Crippen molar-refractivity contribution in [2.75, 3.05) is 18.5 Å². The van der Waals surface area contributed by atoms with Gasteiger partial charge in [-0.1, -0.05) is 23.7 Å². The van der Waals surface area contributed by atoms with Gasteiger partial charge in [0, 0.05) is 35.9 Å². The Morgan fingerprint density at radius 3 is 2.57 bits per heavy atom. The average Bonchev–Trinajstić information content (AvgIpc) is 2.51. The van der Waals surface area contributed by atoms with E-state index in [4.69, 9.17) is 17.3 Å². The van der Waals surface area contributed by atoms with Crippen LogP contribution in [-0.2, 0) is 0 Å². The molecular weight excluding hydrogens is 286 g/mol. The van der Waals surface area contributed by atoms with Crippen molar-refractivity contribution in [3.63, 3.8) is 0 Å². The molecule has 3 rings (SSSR count). The Morgan fingerprint density at radius 1 is 1.14 bits per heavy atom. The van der Waals surface area contributed by atoms with E-state index in [9.17, 15) is 0 Å². The van der Waals surface area contributed by atoms with Crippen molar-refractivity contribution >= 4 is 17.5 Å². The minimum Gasteiger partial charge on any atom is -0.328 e. The maximum absolute atomic E-state index is 5.91. The second-order valence-electron chi connectivity index (χ2n) is 5.21. The van der Waals surface area contributed by atoms with Crippen LogP contribution in [-0.4, -0.2) is 34.1 Å². The van der Waals surface area contributed by atoms with Gasteiger partial charge in [-0.2, -0.15) is 0 Å². The summed E-state index contributed by atoms with van der Waals surface area (Å²) in [6.07, 6.45) is 3.74. The third-order valence-corrected chi connectivity index (χ3v) is 3.85. The van der Waals surface area contributed by atoms with Crippen LogP contribution in [0.15, 0.2) is 36.5 Å². The lowest BCUT2D eigenvalue weighted by molar-refractivity contribution is 0.251. The lowest BCUT2D eigenvalue weighted by atomic mass is 10.1. The average molecular weight is 304 g/mol. The van der Waals surface area contributed by atoms with E-state index in [1.807, 2.05) is 30.3 Å². The molecular formula is C15H18ClN5. The molecule has 5 nitrogen and oxygen atoms in total. The zero-order valence-corrected chi connectivity index (χ0v) is 12.4. The van der Waals surface area contributed by atoms with Crippen molar-refractivity contribution in [2.45, 2.75) is 18.9 Å². The number of benzene rings is 1. The highest BCUT2D eigenvalue weighted by molar-refractivity contribution is 6.30. The molecule has 1 aromatic heterocycles. The topological polar surface area (TPSA) is 67.1 Å². The molecule has 0 unspecified atom stereocenters. The number of nitrogens with two attached hydrogens (primary N) is 1. The van der Waals surface area contributed by atoms with Gasteiger partial charge in [-0.05, 0) is 31.0 Å². The second kappa shape index (κ2) is 6.39. The van der Waals surface area contributed by atoms with Crippen LogP contribution in [0.25, 0.3) is 11.3 Å². The summed E-state index contributed by atoms with van der Waals surface area (Å²) in [6.45, 7) is 1.82. The minimum absolute atomic E-state index is 0.310. The van der Waals surface area contributed by atoms with Crippen molar-refractivity contribution in [2.24, 2.45) is 5.73 Å². The molecule has 6 heteroatoms. The SMILES string of the molecule is NC1CCN(Nc2nccc(-c3ccc(Cl)cc3)n2)CC1. The number of nitrogens with one attached hydrogen (secondary N) is 1. The number of anilines is 1. The first kappa shape index (κ1) is 14.3. The third kappa shape index (κ3) is 3.69. The number of hydrazine groups is 1. The van der Waals surface area contributed by atoms with Crippen LogP contribution in [0.1, 0.15) is 12.8 Å². The van der Waals surface area contributed by atoms with Gasteiger partial charge in [0.15, 0.2) is 0 Å². The van der Waals surface area contributed by atoms with Gasteiger partial charge >= 0.3 is 0 Å². The number of piperidine rings is 1. The predicted molar refractivity (Wildman–Crippen MR) is 84.9 cm³/mol. The summed E-state index contributed by atoms with van der Waals surface area (Å²) < 4.78 is 0. The molecule has 3 N–H and O–H groups in total. The number of halogens is 1. The van der Waals surface area contributed by atoms with Gasteiger partial charge < -0.3 is 5.73 Å². The molecule has 0 bridgehead atoms. The Morgan fingerprint density at radius 2 is 1.86 bits per heavy atom. The van der Waals surface area contributed by atoms with Crippen LogP contribution >= 0.6 is 11.6 Å². The first-order valence-corrected chi connectivity index (χ1v) is 7.45. The highest BCUT2D eigenvalue weighted by Gasteiger charge is 2.16. The van der Waals surface area contributed by atoms with E-state index in [0.717, 1.165) is 42.2 Å². The van der Waals surface area contributed by atoms with Crippen LogP contribution in [0, 0.1) is 0 Å². The standard InChI is InChI=1S/C15H18ClN5/c16-12-3-1-11(2-4-12)14-5-8-18-15(19-14)20-21-9-6-13(17)7-10-21/h1-5,8,13H,6-7,9-10,17H2,(H,18,19,20). The molecule has 0 spiro atoms. The van der Waals surface area contributed by atoms with Crippen LogP contribution in [0.2, 0.25) is 5.02 Å². The summed E-state index contributed by atoms with van der Waals surface area (Å²) in [5, 5.41) is 2.83. The smallest absolute Gasteiger partial charge is 0.238 e. The summed E-state index contributed by atoms with van der Waals surface area (Å²) in [4.78, 5) is 8.82. The largest absolute Gasteiger partial charge is 0.328 e. The summed E-state index contributed by atoms with van der Waals surface area (Å²) in [5.74, 6) is 0.609. The highest BCUT2D eigenvalue weighted by atomic mass is 35.5. The molecule has 1 aliphatic heterocycles. The number of hydrogen-bond acceptors (Lipinski definition) is 5.